The van der Waals surface area contributed by atoms with E-state index in [-0.39, 0.29) is 11.2 Å². The fraction of sp³-hybridized carbons (Fsp3) is 0.438. The van der Waals surface area contributed by atoms with Crippen molar-refractivity contribution in [3.05, 3.63) is 30.3 Å². The fourth-order valence-electron chi connectivity index (χ4n) is 2.53. The fourth-order valence-corrected chi connectivity index (χ4v) is 4.53. The van der Waals surface area contributed by atoms with Crippen molar-refractivity contribution in [1.82, 2.24) is 15.1 Å². The Labute approximate surface area is 144 Å². The molecule has 1 aliphatic heterocycles. The van der Waals surface area contributed by atoms with Crippen molar-refractivity contribution in [2.45, 2.75) is 35.8 Å². The summed E-state index contributed by atoms with van der Waals surface area (Å²) in [5.74, 6) is 0.211. The zero-order valence-electron chi connectivity index (χ0n) is 13.1. The van der Waals surface area contributed by atoms with Crippen LogP contribution in [0.25, 0.3) is 0 Å². The maximum absolute atomic E-state index is 12.4. The van der Waals surface area contributed by atoms with E-state index < -0.39 is 0 Å². The van der Waals surface area contributed by atoms with Crippen molar-refractivity contribution in [2.75, 3.05) is 18.4 Å². The second-order valence-electron chi connectivity index (χ2n) is 5.51. The highest BCUT2D eigenvalue weighted by atomic mass is 32.2. The number of carbonyl (C=O) groups is 1. The molecule has 1 amide bonds. The summed E-state index contributed by atoms with van der Waals surface area (Å²) in [6, 6.07) is 9.88. The third kappa shape index (κ3) is 4.45. The number of anilines is 2. The lowest BCUT2D eigenvalue weighted by atomic mass is 10.1. The number of likely N-dealkylation sites (tertiary alicyclic amines) is 1. The highest BCUT2D eigenvalue weighted by molar-refractivity contribution is 8.02. The van der Waals surface area contributed by atoms with Crippen LogP contribution in [0.3, 0.4) is 0 Å². The number of para-hydroxylation sites is 1. The summed E-state index contributed by atoms with van der Waals surface area (Å²) in [7, 11) is 0. The maximum Gasteiger partial charge on any atom is 0.235 e. The van der Waals surface area contributed by atoms with Gasteiger partial charge in [0.25, 0.3) is 0 Å². The van der Waals surface area contributed by atoms with Gasteiger partial charge in [-0.2, -0.15) is 0 Å². The number of nitrogens with one attached hydrogen (secondary N) is 1. The summed E-state index contributed by atoms with van der Waals surface area (Å²) in [5.41, 5.74) is 0.984. The molecule has 3 rings (SSSR count). The Bertz CT molecular complexity index is 641. The van der Waals surface area contributed by atoms with E-state index in [0.717, 1.165) is 41.1 Å². The summed E-state index contributed by atoms with van der Waals surface area (Å²) in [4.78, 5) is 14.4. The Balaban J connectivity index is 1.56. The molecule has 2 heterocycles. The van der Waals surface area contributed by atoms with Crippen LogP contribution < -0.4 is 5.32 Å². The third-order valence-electron chi connectivity index (χ3n) is 3.72. The molecule has 0 spiro atoms. The van der Waals surface area contributed by atoms with Gasteiger partial charge in [-0.3, -0.25) is 4.79 Å². The number of thioether (sulfide) groups is 1. The first-order chi connectivity index (χ1) is 11.2. The van der Waals surface area contributed by atoms with E-state index in [1.54, 1.807) is 0 Å². The van der Waals surface area contributed by atoms with Crippen LogP contribution in [0.5, 0.6) is 0 Å². The van der Waals surface area contributed by atoms with Gasteiger partial charge in [0, 0.05) is 18.8 Å². The first-order valence-electron chi connectivity index (χ1n) is 7.83. The summed E-state index contributed by atoms with van der Waals surface area (Å²) in [6.07, 6.45) is 3.47. The van der Waals surface area contributed by atoms with Crippen molar-refractivity contribution < 1.29 is 4.79 Å². The average Bonchev–Trinajstić information content (AvgIpc) is 3.02. The highest BCUT2D eigenvalue weighted by Crippen LogP contribution is 2.31. The number of aromatic nitrogens is 2. The molecule has 0 bridgehead atoms. The van der Waals surface area contributed by atoms with E-state index in [1.807, 2.05) is 42.2 Å². The van der Waals surface area contributed by atoms with Gasteiger partial charge in [-0.15, -0.1) is 10.2 Å². The van der Waals surface area contributed by atoms with Crippen LogP contribution in [0.1, 0.15) is 26.2 Å². The number of hydrogen-bond acceptors (Lipinski definition) is 6. The molecule has 1 aromatic carbocycles. The predicted molar refractivity (Wildman–Crippen MR) is 95.4 cm³/mol. The predicted octanol–water partition coefficient (Wildman–Crippen LogP) is 3.77. The van der Waals surface area contributed by atoms with Crippen molar-refractivity contribution in [3.8, 4) is 0 Å². The van der Waals surface area contributed by atoms with Gasteiger partial charge in [0.05, 0.1) is 5.25 Å². The topological polar surface area (TPSA) is 58.1 Å². The van der Waals surface area contributed by atoms with E-state index in [0.29, 0.717) is 0 Å². The first kappa shape index (κ1) is 16.3. The van der Waals surface area contributed by atoms with Crippen LogP contribution in [0, 0.1) is 0 Å². The minimum atomic E-state index is -0.120. The molecule has 5 nitrogen and oxygen atoms in total. The molecule has 0 saturated carbocycles. The number of rotatable bonds is 5. The Morgan fingerprint density at radius 1 is 1.22 bits per heavy atom. The molecule has 0 aliphatic carbocycles. The van der Waals surface area contributed by atoms with Crippen molar-refractivity contribution in [1.29, 1.82) is 0 Å². The Morgan fingerprint density at radius 3 is 2.70 bits per heavy atom. The molecule has 7 heteroatoms. The van der Waals surface area contributed by atoms with E-state index in [4.69, 9.17) is 0 Å². The summed E-state index contributed by atoms with van der Waals surface area (Å²) < 4.78 is 0.821. The number of piperidine rings is 1. The molecular formula is C16H20N4OS2. The lowest BCUT2D eigenvalue weighted by Crippen LogP contribution is -2.40. The molecule has 1 N–H and O–H groups in total. The number of nitrogens with zero attached hydrogens (tertiary/aromatic N) is 3. The molecular weight excluding hydrogens is 328 g/mol. The monoisotopic (exact) mass is 348 g/mol. The van der Waals surface area contributed by atoms with Gasteiger partial charge in [0.1, 0.15) is 0 Å². The van der Waals surface area contributed by atoms with E-state index in [9.17, 15) is 4.79 Å². The van der Waals surface area contributed by atoms with E-state index in [2.05, 4.69) is 15.5 Å². The average molecular weight is 348 g/mol. The van der Waals surface area contributed by atoms with Crippen molar-refractivity contribution in [3.63, 3.8) is 0 Å². The number of benzene rings is 1. The second-order valence-corrected chi connectivity index (χ2v) is 8.08. The van der Waals surface area contributed by atoms with Crippen molar-refractivity contribution in [2.24, 2.45) is 0 Å². The van der Waals surface area contributed by atoms with Crippen LogP contribution in [0.4, 0.5) is 10.8 Å². The molecule has 1 atom stereocenters. The molecule has 1 aliphatic rings. The summed E-state index contributed by atoms with van der Waals surface area (Å²) in [5, 5.41) is 12.2. The first-order valence-corrected chi connectivity index (χ1v) is 9.53. The largest absolute Gasteiger partial charge is 0.342 e. The summed E-state index contributed by atoms with van der Waals surface area (Å²) >= 11 is 2.97. The smallest absolute Gasteiger partial charge is 0.235 e. The second kappa shape index (κ2) is 7.79. The normalized spacial score (nSPS) is 16.1. The quantitative estimate of drug-likeness (QED) is 0.834. The Morgan fingerprint density at radius 2 is 1.96 bits per heavy atom. The molecule has 2 aromatic rings. The molecule has 0 radical (unpaired) electrons. The minimum Gasteiger partial charge on any atom is -0.342 e. The van der Waals surface area contributed by atoms with Crippen LogP contribution in [0.2, 0.25) is 0 Å². The number of carbonyl (C=O) groups excluding carboxylic acids is 1. The number of amides is 1. The minimum absolute atomic E-state index is 0.120. The van der Waals surface area contributed by atoms with Gasteiger partial charge >= 0.3 is 0 Å². The zero-order valence-corrected chi connectivity index (χ0v) is 14.7. The van der Waals surface area contributed by atoms with Gasteiger partial charge < -0.3 is 10.2 Å². The molecule has 0 unspecified atom stereocenters. The highest BCUT2D eigenvalue weighted by Gasteiger charge is 2.24. The van der Waals surface area contributed by atoms with Crippen LogP contribution >= 0.6 is 23.1 Å². The van der Waals surface area contributed by atoms with Gasteiger partial charge in [-0.25, -0.2) is 0 Å². The van der Waals surface area contributed by atoms with Crippen LogP contribution in [0.15, 0.2) is 34.7 Å². The number of hydrogen-bond donors (Lipinski definition) is 1. The zero-order chi connectivity index (χ0) is 16.1. The van der Waals surface area contributed by atoms with Crippen molar-refractivity contribution >= 4 is 39.8 Å². The van der Waals surface area contributed by atoms with Crippen LogP contribution in [-0.4, -0.2) is 39.3 Å². The molecule has 23 heavy (non-hydrogen) atoms. The van der Waals surface area contributed by atoms with Gasteiger partial charge in [-0.05, 0) is 38.3 Å². The van der Waals surface area contributed by atoms with E-state index >= 15 is 0 Å². The third-order valence-corrected chi connectivity index (χ3v) is 5.74. The summed E-state index contributed by atoms with van der Waals surface area (Å²) in [6.45, 7) is 3.73. The van der Waals surface area contributed by atoms with Gasteiger partial charge in [-0.1, -0.05) is 41.3 Å². The van der Waals surface area contributed by atoms with Crippen LogP contribution in [-0.2, 0) is 4.79 Å². The molecule has 1 saturated heterocycles. The molecule has 1 aromatic heterocycles. The van der Waals surface area contributed by atoms with Gasteiger partial charge in [0.2, 0.25) is 11.0 Å². The molecule has 122 valence electrons. The van der Waals surface area contributed by atoms with Gasteiger partial charge in [0.15, 0.2) is 4.34 Å². The Hall–Kier alpha value is -1.60. The van der Waals surface area contributed by atoms with E-state index in [1.165, 1.54) is 29.5 Å². The maximum atomic E-state index is 12.4. The lowest BCUT2D eigenvalue weighted by molar-refractivity contribution is -0.131. The SMILES string of the molecule is C[C@@H](Sc1nnc(Nc2ccccc2)s1)C(=O)N1CCCCC1. The standard InChI is InChI=1S/C16H20N4OS2/c1-12(14(21)20-10-6-3-7-11-20)22-16-19-18-15(23-16)17-13-8-4-2-5-9-13/h2,4-5,8-9,12H,3,6-7,10-11H2,1H3,(H,17,18)/t12-/m1/s1. The molecule has 1 fully saturated rings. The lowest BCUT2D eigenvalue weighted by Gasteiger charge is -2.28. The Kier molecular flexibility index (Phi) is 5.51.